The maximum atomic E-state index is 12.4. The Labute approximate surface area is 168 Å². The number of amides is 1. The molecule has 0 aliphatic carbocycles. The van der Waals surface area contributed by atoms with Crippen molar-refractivity contribution in [3.05, 3.63) is 15.9 Å². The Morgan fingerprint density at radius 2 is 1.73 bits per heavy atom. The summed E-state index contributed by atoms with van der Waals surface area (Å²) in [4.78, 5) is 14.9. The predicted molar refractivity (Wildman–Crippen MR) is 112 cm³/mol. The number of carbonyl (C=O) groups is 1. The third-order valence-corrected chi connectivity index (χ3v) is 5.83. The number of nitrogens with one attached hydrogen (secondary N) is 1. The number of aryl methyl sites for hydroxylation is 1. The molecule has 0 aromatic carbocycles. The molecule has 1 aromatic heterocycles. The largest absolute Gasteiger partial charge is 0.351 e. The molecule has 1 rings (SSSR count). The van der Waals surface area contributed by atoms with E-state index < -0.39 is 0 Å². The second-order valence-electron chi connectivity index (χ2n) is 7.33. The van der Waals surface area contributed by atoms with E-state index in [4.69, 9.17) is 0 Å². The first-order valence-electron chi connectivity index (χ1n) is 10.1. The number of rotatable bonds is 13. The summed E-state index contributed by atoms with van der Waals surface area (Å²) < 4.78 is 2.75. The average Bonchev–Trinajstić information content (AvgIpc) is 2.81. The summed E-state index contributed by atoms with van der Waals surface area (Å²) in [5, 5.41) is 7.56. The SMILES string of the molecule is CCCCCN(CCCCC)CC(C)NC(=O)Cn1nc(C)c(Br)c1C. The Morgan fingerprint density at radius 1 is 1.15 bits per heavy atom. The van der Waals surface area contributed by atoms with Crippen molar-refractivity contribution in [2.45, 2.75) is 85.7 Å². The van der Waals surface area contributed by atoms with Crippen molar-refractivity contribution in [3.63, 3.8) is 0 Å². The first-order valence-corrected chi connectivity index (χ1v) is 10.9. The monoisotopic (exact) mass is 428 g/mol. The number of unbranched alkanes of at least 4 members (excludes halogenated alkanes) is 4. The molecule has 0 aliphatic heterocycles. The molecule has 0 radical (unpaired) electrons. The predicted octanol–water partition coefficient (Wildman–Crippen LogP) is 4.45. The number of halogens is 1. The zero-order valence-corrected chi connectivity index (χ0v) is 18.9. The van der Waals surface area contributed by atoms with Crippen molar-refractivity contribution in [1.82, 2.24) is 20.0 Å². The number of hydrogen-bond donors (Lipinski definition) is 1. The molecule has 1 N–H and O–H groups in total. The molecule has 6 heteroatoms. The molecule has 1 aromatic rings. The normalized spacial score (nSPS) is 12.6. The van der Waals surface area contributed by atoms with E-state index in [1.807, 2.05) is 13.8 Å². The van der Waals surface area contributed by atoms with E-state index in [9.17, 15) is 4.79 Å². The molecular formula is C20H37BrN4O. The zero-order chi connectivity index (χ0) is 19.5. The molecule has 1 atom stereocenters. The van der Waals surface area contributed by atoms with E-state index >= 15 is 0 Å². The fourth-order valence-electron chi connectivity index (χ4n) is 3.18. The summed E-state index contributed by atoms with van der Waals surface area (Å²) in [5.41, 5.74) is 1.91. The Bertz CT molecular complexity index is 534. The van der Waals surface area contributed by atoms with Crippen molar-refractivity contribution in [3.8, 4) is 0 Å². The summed E-state index contributed by atoms with van der Waals surface area (Å²) >= 11 is 3.51. The Morgan fingerprint density at radius 3 is 2.19 bits per heavy atom. The lowest BCUT2D eigenvalue weighted by Crippen LogP contribution is -2.43. The highest BCUT2D eigenvalue weighted by atomic mass is 79.9. The minimum atomic E-state index is 0.0256. The fourth-order valence-corrected chi connectivity index (χ4v) is 3.47. The highest BCUT2D eigenvalue weighted by Crippen LogP contribution is 2.19. The fraction of sp³-hybridized carbons (Fsp3) is 0.800. The third kappa shape index (κ3) is 8.21. The number of aromatic nitrogens is 2. The highest BCUT2D eigenvalue weighted by molar-refractivity contribution is 9.10. The van der Waals surface area contributed by atoms with Gasteiger partial charge in [-0.15, -0.1) is 0 Å². The van der Waals surface area contributed by atoms with Gasteiger partial charge in [-0.25, -0.2) is 0 Å². The molecular weight excluding hydrogens is 392 g/mol. The second kappa shape index (κ2) is 12.5. The molecule has 0 aliphatic rings. The van der Waals surface area contributed by atoms with Gasteiger partial charge in [0.25, 0.3) is 0 Å². The lowest BCUT2D eigenvalue weighted by Gasteiger charge is -2.26. The Kier molecular flexibility index (Phi) is 11.1. The van der Waals surface area contributed by atoms with Crippen LogP contribution in [0, 0.1) is 13.8 Å². The lowest BCUT2D eigenvalue weighted by molar-refractivity contribution is -0.122. The second-order valence-corrected chi connectivity index (χ2v) is 8.12. The maximum absolute atomic E-state index is 12.4. The van der Waals surface area contributed by atoms with E-state index in [2.05, 4.69) is 52.0 Å². The molecule has 26 heavy (non-hydrogen) atoms. The van der Waals surface area contributed by atoms with Crippen molar-refractivity contribution >= 4 is 21.8 Å². The molecule has 150 valence electrons. The maximum Gasteiger partial charge on any atom is 0.241 e. The van der Waals surface area contributed by atoms with Crippen LogP contribution in [0.5, 0.6) is 0 Å². The average molecular weight is 429 g/mol. The summed E-state index contributed by atoms with van der Waals surface area (Å²) in [7, 11) is 0. The van der Waals surface area contributed by atoms with Crippen LogP contribution in [-0.4, -0.2) is 46.3 Å². The summed E-state index contributed by atoms with van der Waals surface area (Å²) in [6.45, 7) is 13.9. The van der Waals surface area contributed by atoms with Gasteiger partial charge in [-0.3, -0.25) is 9.48 Å². The molecule has 1 heterocycles. The van der Waals surface area contributed by atoms with Crippen LogP contribution in [-0.2, 0) is 11.3 Å². The van der Waals surface area contributed by atoms with E-state index in [0.717, 1.165) is 35.5 Å². The molecule has 0 saturated heterocycles. The van der Waals surface area contributed by atoms with Crippen LogP contribution in [0.4, 0.5) is 0 Å². The van der Waals surface area contributed by atoms with Gasteiger partial charge in [0.1, 0.15) is 6.54 Å². The standard InChI is InChI=1S/C20H37BrN4O/c1-6-8-10-12-24(13-11-9-7-2)14-16(3)22-19(26)15-25-18(5)20(21)17(4)23-25/h16H,6-15H2,1-5H3,(H,22,26). The highest BCUT2D eigenvalue weighted by Gasteiger charge is 2.15. The van der Waals surface area contributed by atoms with E-state index in [0.29, 0.717) is 0 Å². The van der Waals surface area contributed by atoms with Crippen molar-refractivity contribution in [2.24, 2.45) is 0 Å². The van der Waals surface area contributed by atoms with Gasteiger partial charge in [0.2, 0.25) is 5.91 Å². The molecule has 1 unspecified atom stereocenters. The van der Waals surface area contributed by atoms with Crippen LogP contribution in [0.2, 0.25) is 0 Å². The number of hydrogen-bond acceptors (Lipinski definition) is 3. The molecule has 0 spiro atoms. The first-order chi connectivity index (χ1) is 12.4. The topological polar surface area (TPSA) is 50.2 Å². The molecule has 1 amide bonds. The van der Waals surface area contributed by atoms with Gasteiger partial charge >= 0.3 is 0 Å². The van der Waals surface area contributed by atoms with Crippen molar-refractivity contribution in [2.75, 3.05) is 19.6 Å². The molecule has 0 bridgehead atoms. The van der Waals surface area contributed by atoms with E-state index in [1.54, 1.807) is 4.68 Å². The van der Waals surface area contributed by atoms with Gasteiger partial charge in [0.05, 0.1) is 15.9 Å². The quantitative estimate of drug-likeness (QED) is 0.472. The van der Waals surface area contributed by atoms with Gasteiger partial charge in [0.15, 0.2) is 0 Å². The van der Waals surface area contributed by atoms with E-state index in [-0.39, 0.29) is 18.5 Å². The minimum Gasteiger partial charge on any atom is -0.351 e. The van der Waals surface area contributed by atoms with Crippen LogP contribution in [0.25, 0.3) is 0 Å². The zero-order valence-electron chi connectivity index (χ0n) is 17.3. The van der Waals surface area contributed by atoms with Gasteiger partial charge in [-0.1, -0.05) is 39.5 Å². The van der Waals surface area contributed by atoms with E-state index in [1.165, 1.54) is 38.5 Å². The van der Waals surface area contributed by atoms with Crippen molar-refractivity contribution < 1.29 is 4.79 Å². The van der Waals surface area contributed by atoms with Gasteiger partial charge < -0.3 is 10.2 Å². The molecule has 0 fully saturated rings. The van der Waals surface area contributed by atoms with Crippen LogP contribution >= 0.6 is 15.9 Å². The Balaban J connectivity index is 2.49. The molecule has 5 nitrogen and oxygen atoms in total. The number of nitrogens with zero attached hydrogens (tertiary/aromatic N) is 3. The number of carbonyl (C=O) groups excluding carboxylic acids is 1. The van der Waals surface area contributed by atoms with Crippen LogP contribution in [0.1, 0.15) is 70.7 Å². The van der Waals surface area contributed by atoms with Gasteiger partial charge in [-0.2, -0.15) is 5.10 Å². The summed E-state index contributed by atoms with van der Waals surface area (Å²) in [6.07, 6.45) is 7.52. The van der Waals surface area contributed by atoms with Crippen LogP contribution in [0.15, 0.2) is 4.47 Å². The Hall–Kier alpha value is -0.880. The third-order valence-electron chi connectivity index (χ3n) is 4.68. The first kappa shape index (κ1) is 23.2. The van der Waals surface area contributed by atoms with Crippen molar-refractivity contribution in [1.29, 1.82) is 0 Å². The summed E-state index contributed by atoms with van der Waals surface area (Å²) in [5.74, 6) is 0.0256. The minimum absolute atomic E-state index is 0.0256. The van der Waals surface area contributed by atoms with Gasteiger partial charge in [0, 0.05) is 12.6 Å². The summed E-state index contributed by atoms with van der Waals surface area (Å²) in [6, 6.07) is 0.145. The smallest absolute Gasteiger partial charge is 0.241 e. The van der Waals surface area contributed by atoms with Crippen LogP contribution < -0.4 is 5.32 Å². The lowest BCUT2D eigenvalue weighted by atomic mass is 10.2. The van der Waals surface area contributed by atoms with Crippen LogP contribution in [0.3, 0.4) is 0 Å². The van der Waals surface area contributed by atoms with Gasteiger partial charge in [-0.05, 0) is 62.6 Å². The molecule has 0 saturated carbocycles.